The first-order valence-corrected chi connectivity index (χ1v) is 7.89. The van der Waals surface area contributed by atoms with Crippen molar-refractivity contribution in [2.75, 3.05) is 39.1 Å². The summed E-state index contributed by atoms with van der Waals surface area (Å²) in [5.74, 6) is 0.655. The lowest BCUT2D eigenvalue weighted by molar-refractivity contribution is 0.0620. The second-order valence-electron chi connectivity index (χ2n) is 4.65. The van der Waals surface area contributed by atoms with Gasteiger partial charge in [-0.25, -0.2) is 12.7 Å². The summed E-state index contributed by atoms with van der Waals surface area (Å²) in [5.41, 5.74) is 5.36. The molecule has 17 heavy (non-hydrogen) atoms. The largest absolute Gasteiger partial charge is 0.381 e. The van der Waals surface area contributed by atoms with E-state index in [0.717, 1.165) is 32.5 Å². The number of nitrogens with two attached hydrogens (primary N) is 1. The van der Waals surface area contributed by atoms with E-state index >= 15 is 0 Å². The third-order valence-electron chi connectivity index (χ3n) is 3.19. The summed E-state index contributed by atoms with van der Waals surface area (Å²) in [4.78, 5) is 0. The summed E-state index contributed by atoms with van der Waals surface area (Å²) in [6.45, 7) is 2.69. The molecule has 1 aliphatic rings. The van der Waals surface area contributed by atoms with Gasteiger partial charge in [0.1, 0.15) is 0 Å². The topological polar surface area (TPSA) is 72.6 Å². The van der Waals surface area contributed by atoms with Crippen molar-refractivity contribution in [1.82, 2.24) is 4.31 Å². The predicted octanol–water partition coefficient (Wildman–Crippen LogP) is 0.414. The molecule has 0 spiro atoms. The third-order valence-corrected chi connectivity index (χ3v) is 5.09. The van der Waals surface area contributed by atoms with Crippen molar-refractivity contribution in [1.29, 1.82) is 0 Å². The molecular weight excluding hydrogens is 240 g/mol. The summed E-state index contributed by atoms with van der Waals surface area (Å²) in [6.07, 6.45) is 3.34. The Morgan fingerprint density at radius 3 is 2.53 bits per heavy atom. The smallest absolute Gasteiger partial charge is 0.213 e. The van der Waals surface area contributed by atoms with E-state index in [-0.39, 0.29) is 5.75 Å². The average molecular weight is 264 g/mol. The minimum Gasteiger partial charge on any atom is -0.381 e. The molecule has 0 unspecified atom stereocenters. The monoisotopic (exact) mass is 264 g/mol. The summed E-state index contributed by atoms with van der Waals surface area (Å²) < 4.78 is 30.6. The Morgan fingerprint density at radius 2 is 1.94 bits per heavy atom. The fourth-order valence-corrected chi connectivity index (χ4v) is 3.31. The number of rotatable bonds is 7. The molecule has 6 heteroatoms. The van der Waals surface area contributed by atoms with Gasteiger partial charge in [0.25, 0.3) is 0 Å². The van der Waals surface area contributed by atoms with E-state index in [1.54, 1.807) is 7.05 Å². The molecule has 1 aliphatic heterocycles. The van der Waals surface area contributed by atoms with Gasteiger partial charge in [-0.1, -0.05) is 0 Å². The number of ether oxygens (including phenoxy) is 1. The molecule has 0 aromatic heterocycles. The molecule has 0 aromatic carbocycles. The van der Waals surface area contributed by atoms with Gasteiger partial charge in [-0.05, 0) is 38.1 Å². The zero-order chi connectivity index (χ0) is 12.7. The van der Waals surface area contributed by atoms with Gasteiger partial charge in [0.2, 0.25) is 10.0 Å². The molecule has 1 fully saturated rings. The molecule has 2 N–H and O–H groups in total. The molecule has 0 aliphatic carbocycles. The summed E-state index contributed by atoms with van der Waals surface area (Å²) in [6, 6.07) is 0. The van der Waals surface area contributed by atoms with E-state index < -0.39 is 10.0 Å². The lowest BCUT2D eigenvalue weighted by Gasteiger charge is -2.26. The minimum absolute atomic E-state index is 0.212. The van der Waals surface area contributed by atoms with Crippen molar-refractivity contribution in [2.45, 2.75) is 25.7 Å². The highest BCUT2D eigenvalue weighted by Gasteiger charge is 2.22. The molecular formula is C11H24N2O3S. The molecule has 0 bridgehead atoms. The first kappa shape index (κ1) is 14.9. The summed E-state index contributed by atoms with van der Waals surface area (Å²) >= 11 is 0. The number of unbranched alkanes of at least 4 members (excludes halogenated alkanes) is 1. The quantitative estimate of drug-likeness (QED) is 0.676. The number of nitrogens with zero attached hydrogens (tertiary/aromatic N) is 1. The van der Waals surface area contributed by atoms with Crippen LogP contribution in [0.3, 0.4) is 0 Å². The second kappa shape index (κ2) is 7.31. The molecule has 0 atom stereocenters. The Kier molecular flexibility index (Phi) is 6.40. The van der Waals surface area contributed by atoms with E-state index in [1.165, 1.54) is 4.31 Å². The minimum atomic E-state index is -3.09. The first-order chi connectivity index (χ1) is 8.06. The zero-order valence-electron chi connectivity index (χ0n) is 10.6. The van der Waals surface area contributed by atoms with Gasteiger partial charge in [0.05, 0.1) is 5.75 Å². The van der Waals surface area contributed by atoms with E-state index in [1.807, 2.05) is 0 Å². The zero-order valence-corrected chi connectivity index (χ0v) is 11.4. The standard InChI is InChI=1S/C11H24N2O3S/c1-13(10-11-4-7-16-8-5-11)17(14,15)9-3-2-6-12/h11H,2-10,12H2,1H3. The second-order valence-corrected chi connectivity index (χ2v) is 6.84. The SMILES string of the molecule is CN(CC1CCOCC1)S(=O)(=O)CCCCN. The van der Waals surface area contributed by atoms with Crippen LogP contribution in [0.1, 0.15) is 25.7 Å². The fourth-order valence-electron chi connectivity index (χ4n) is 1.99. The van der Waals surface area contributed by atoms with Crippen LogP contribution in [-0.4, -0.2) is 51.8 Å². The number of hydrogen-bond acceptors (Lipinski definition) is 4. The van der Waals surface area contributed by atoms with Crippen LogP contribution in [0.2, 0.25) is 0 Å². The normalized spacial score (nSPS) is 18.8. The maximum Gasteiger partial charge on any atom is 0.213 e. The van der Waals surface area contributed by atoms with Gasteiger partial charge < -0.3 is 10.5 Å². The molecule has 5 nitrogen and oxygen atoms in total. The van der Waals surface area contributed by atoms with Crippen LogP contribution in [0.4, 0.5) is 0 Å². The highest BCUT2D eigenvalue weighted by molar-refractivity contribution is 7.89. The summed E-state index contributed by atoms with van der Waals surface area (Å²) in [5, 5.41) is 0. The van der Waals surface area contributed by atoms with Crippen LogP contribution in [0.5, 0.6) is 0 Å². The Hall–Kier alpha value is -0.170. The Balaban J connectivity index is 2.36. The van der Waals surface area contributed by atoms with Gasteiger partial charge in [-0.15, -0.1) is 0 Å². The van der Waals surface area contributed by atoms with Crippen molar-refractivity contribution in [3.05, 3.63) is 0 Å². The van der Waals surface area contributed by atoms with Crippen molar-refractivity contribution in [2.24, 2.45) is 11.7 Å². The van der Waals surface area contributed by atoms with Gasteiger partial charge in [-0.3, -0.25) is 0 Å². The number of sulfonamides is 1. The molecule has 0 amide bonds. The maximum absolute atomic E-state index is 11.9. The lowest BCUT2D eigenvalue weighted by Crippen LogP contribution is -2.35. The van der Waals surface area contributed by atoms with Crippen LogP contribution in [0.15, 0.2) is 0 Å². The fraction of sp³-hybridized carbons (Fsp3) is 1.00. The van der Waals surface area contributed by atoms with E-state index in [9.17, 15) is 8.42 Å². The summed E-state index contributed by atoms with van der Waals surface area (Å²) in [7, 11) is -1.42. The third kappa shape index (κ3) is 5.33. The van der Waals surface area contributed by atoms with E-state index in [4.69, 9.17) is 10.5 Å². The predicted molar refractivity (Wildman–Crippen MR) is 68.2 cm³/mol. The van der Waals surface area contributed by atoms with E-state index in [0.29, 0.717) is 25.4 Å². The van der Waals surface area contributed by atoms with Crippen molar-refractivity contribution in [3.63, 3.8) is 0 Å². The molecule has 1 saturated heterocycles. The molecule has 102 valence electrons. The highest BCUT2D eigenvalue weighted by Crippen LogP contribution is 2.17. The maximum atomic E-state index is 11.9. The Morgan fingerprint density at radius 1 is 1.29 bits per heavy atom. The van der Waals surface area contributed by atoms with Crippen LogP contribution >= 0.6 is 0 Å². The van der Waals surface area contributed by atoms with Gasteiger partial charge >= 0.3 is 0 Å². The van der Waals surface area contributed by atoms with Gasteiger partial charge in [-0.2, -0.15) is 0 Å². The van der Waals surface area contributed by atoms with Crippen molar-refractivity contribution >= 4 is 10.0 Å². The van der Waals surface area contributed by atoms with Crippen molar-refractivity contribution < 1.29 is 13.2 Å². The van der Waals surface area contributed by atoms with Crippen LogP contribution in [0, 0.1) is 5.92 Å². The molecule has 1 heterocycles. The average Bonchev–Trinajstić information content (AvgIpc) is 2.30. The first-order valence-electron chi connectivity index (χ1n) is 6.28. The van der Waals surface area contributed by atoms with Crippen LogP contribution in [-0.2, 0) is 14.8 Å². The highest BCUT2D eigenvalue weighted by atomic mass is 32.2. The Labute approximate surface area is 104 Å². The van der Waals surface area contributed by atoms with Crippen molar-refractivity contribution in [3.8, 4) is 0 Å². The van der Waals surface area contributed by atoms with E-state index in [2.05, 4.69) is 0 Å². The van der Waals surface area contributed by atoms with Gasteiger partial charge in [0, 0.05) is 26.8 Å². The van der Waals surface area contributed by atoms with Crippen LogP contribution < -0.4 is 5.73 Å². The molecule has 1 rings (SSSR count). The van der Waals surface area contributed by atoms with Gasteiger partial charge in [0.15, 0.2) is 0 Å². The molecule has 0 aromatic rings. The molecule has 0 radical (unpaired) electrons. The molecule has 0 saturated carbocycles. The van der Waals surface area contributed by atoms with Crippen LogP contribution in [0.25, 0.3) is 0 Å². The lowest BCUT2D eigenvalue weighted by atomic mass is 10.0. The Bertz CT molecular complexity index is 300. The number of hydrogen-bond donors (Lipinski definition) is 1.